The Morgan fingerprint density at radius 3 is 2.49 bits per heavy atom. The molecule has 1 N–H and O–H groups in total. The van der Waals surface area contributed by atoms with E-state index in [-0.39, 0.29) is 29.9 Å². The van der Waals surface area contributed by atoms with E-state index in [0.717, 1.165) is 5.69 Å². The van der Waals surface area contributed by atoms with Crippen LogP contribution in [0.4, 0.5) is 15.8 Å². The monoisotopic (exact) mass is 475 g/mol. The molecule has 0 saturated carbocycles. The average molecular weight is 475 g/mol. The number of carbonyl (C=O) groups is 2. The van der Waals surface area contributed by atoms with Gasteiger partial charge in [0.15, 0.2) is 5.76 Å². The van der Waals surface area contributed by atoms with E-state index in [1.54, 1.807) is 53.4 Å². The fourth-order valence-corrected chi connectivity index (χ4v) is 3.88. The predicted molar refractivity (Wildman–Crippen MR) is 125 cm³/mol. The minimum Gasteiger partial charge on any atom is -0.459 e. The summed E-state index contributed by atoms with van der Waals surface area (Å²) in [5.41, 5.74) is 1.99. The fourth-order valence-electron chi connectivity index (χ4n) is 3.88. The van der Waals surface area contributed by atoms with Gasteiger partial charge in [0.1, 0.15) is 12.4 Å². The van der Waals surface area contributed by atoms with Crippen LogP contribution in [0.3, 0.4) is 0 Å². The van der Waals surface area contributed by atoms with Gasteiger partial charge in [-0.1, -0.05) is 12.1 Å². The first-order valence-corrected chi connectivity index (χ1v) is 11.1. The topological polar surface area (TPSA) is 109 Å². The number of carbonyl (C=O) groups excluding carboxylic acids is 2. The average Bonchev–Trinajstić information content (AvgIpc) is 3.58. The summed E-state index contributed by atoms with van der Waals surface area (Å²) in [4.78, 5) is 30.3. The van der Waals surface area contributed by atoms with Crippen molar-refractivity contribution in [1.82, 2.24) is 25.1 Å². The molecule has 0 spiro atoms. The van der Waals surface area contributed by atoms with E-state index < -0.39 is 5.91 Å². The number of aromatic nitrogens is 4. The number of halogens is 1. The van der Waals surface area contributed by atoms with Crippen molar-refractivity contribution in [2.45, 2.75) is 6.54 Å². The number of nitrogens with zero attached hydrogens (tertiary/aromatic N) is 6. The van der Waals surface area contributed by atoms with E-state index in [4.69, 9.17) is 4.42 Å². The molecular weight excluding hydrogens is 453 g/mol. The third-order valence-corrected chi connectivity index (χ3v) is 5.71. The first kappa shape index (κ1) is 22.3. The number of piperazine rings is 1. The lowest BCUT2D eigenvalue weighted by atomic mass is 10.1. The zero-order valence-electron chi connectivity index (χ0n) is 18.7. The molecule has 1 aliphatic rings. The van der Waals surface area contributed by atoms with Crippen LogP contribution in [0.15, 0.2) is 71.3 Å². The molecule has 5 rings (SSSR count). The van der Waals surface area contributed by atoms with Crippen LogP contribution in [-0.2, 0) is 11.3 Å². The van der Waals surface area contributed by atoms with E-state index in [0.29, 0.717) is 37.4 Å². The van der Waals surface area contributed by atoms with E-state index in [1.165, 1.54) is 23.2 Å². The van der Waals surface area contributed by atoms with Gasteiger partial charge >= 0.3 is 0 Å². The highest BCUT2D eigenvalue weighted by Gasteiger charge is 2.23. The maximum atomic E-state index is 13.2. The van der Waals surface area contributed by atoms with Crippen LogP contribution in [0.1, 0.15) is 10.6 Å². The van der Waals surface area contributed by atoms with E-state index in [9.17, 15) is 14.0 Å². The molecule has 2 aromatic heterocycles. The Morgan fingerprint density at radius 1 is 0.971 bits per heavy atom. The van der Waals surface area contributed by atoms with Gasteiger partial charge < -0.3 is 19.5 Å². The Hall–Kier alpha value is -4.54. The molecule has 0 bridgehead atoms. The number of nitrogens with one attached hydrogen (secondary N) is 1. The van der Waals surface area contributed by atoms with E-state index in [1.807, 2.05) is 0 Å². The van der Waals surface area contributed by atoms with Gasteiger partial charge in [-0.15, -0.1) is 10.2 Å². The zero-order valence-corrected chi connectivity index (χ0v) is 18.7. The molecule has 4 aromatic rings. The van der Waals surface area contributed by atoms with Crippen LogP contribution < -0.4 is 10.2 Å². The summed E-state index contributed by atoms with van der Waals surface area (Å²) in [7, 11) is 0. The van der Waals surface area contributed by atoms with Gasteiger partial charge in [-0.3, -0.25) is 9.59 Å². The lowest BCUT2D eigenvalue weighted by Crippen LogP contribution is -2.49. The fraction of sp³-hybridized carbons (Fsp3) is 0.208. The number of benzene rings is 2. The number of hydrogen-bond acceptors (Lipinski definition) is 7. The van der Waals surface area contributed by atoms with Crippen molar-refractivity contribution in [1.29, 1.82) is 0 Å². The first-order chi connectivity index (χ1) is 17.1. The molecule has 0 radical (unpaired) electrons. The van der Waals surface area contributed by atoms with Crippen LogP contribution in [0.25, 0.3) is 11.4 Å². The molecule has 1 fully saturated rings. The lowest BCUT2D eigenvalue weighted by Gasteiger charge is -2.36. The van der Waals surface area contributed by atoms with Crippen LogP contribution in [0.2, 0.25) is 0 Å². The Kier molecular flexibility index (Phi) is 6.20. The van der Waals surface area contributed by atoms with Crippen molar-refractivity contribution in [3.8, 4) is 11.4 Å². The van der Waals surface area contributed by atoms with Crippen LogP contribution in [-0.4, -0.2) is 63.1 Å². The van der Waals surface area contributed by atoms with Crippen molar-refractivity contribution in [3.05, 3.63) is 78.5 Å². The second-order valence-corrected chi connectivity index (χ2v) is 7.96. The molecule has 1 aliphatic heterocycles. The third-order valence-electron chi connectivity index (χ3n) is 5.71. The van der Waals surface area contributed by atoms with Gasteiger partial charge in [0.2, 0.25) is 11.7 Å². The molecule has 0 atom stereocenters. The number of rotatable bonds is 6. The number of tetrazole rings is 1. The third kappa shape index (κ3) is 5.03. The largest absolute Gasteiger partial charge is 0.459 e. The highest BCUT2D eigenvalue weighted by molar-refractivity contribution is 6.04. The first-order valence-electron chi connectivity index (χ1n) is 11.1. The highest BCUT2D eigenvalue weighted by Crippen LogP contribution is 2.25. The van der Waals surface area contributed by atoms with Crippen molar-refractivity contribution >= 4 is 23.2 Å². The second kappa shape index (κ2) is 9.75. The molecule has 2 amide bonds. The molecular formula is C24H22FN7O3. The quantitative estimate of drug-likeness (QED) is 0.457. The Labute approximate surface area is 199 Å². The smallest absolute Gasteiger partial charge is 0.291 e. The molecule has 2 aromatic carbocycles. The SMILES string of the molecule is O=C(Nc1ccccc1-c1nnn(CC(=O)N2CCN(c3ccc(F)cc3)CC2)n1)c1ccco1. The molecule has 11 heteroatoms. The summed E-state index contributed by atoms with van der Waals surface area (Å²) < 4.78 is 18.3. The summed E-state index contributed by atoms with van der Waals surface area (Å²) >= 11 is 0. The number of anilines is 2. The molecule has 10 nitrogen and oxygen atoms in total. The molecule has 0 aliphatic carbocycles. The molecule has 3 heterocycles. The van der Waals surface area contributed by atoms with E-state index in [2.05, 4.69) is 25.6 Å². The maximum absolute atomic E-state index is 13.2. The number of furan rings is 1. The summed E-state index contributed by atoms with van der Waals surface area (Å²) in [5, 5.41) is 15.2. The van der Waals surface area contributed by atoms with Gasteiger partial charge in [0, 0.05) is 37.4 Å². The van der Waals surface area contributed by atoms with Gasteiger partial charge in [-0.25, -0.2) is 4.39 Å². The highest BCUT2D eigenvalue weighted by atomic mass is 19.1. The molecule has 178 valence electrons. The number of hydrogen-bond donors (Lipinski definition) is 1. The van der Waals surface area contributed by atoms with Gasteiger partial charge in [-0.05, 0) is 53.7 Å². The van der Waals surface area contributed by atoms with Crippen molar-refractivity contribution in [2.24, 2.45) is 0 Å². The molecule has 1 saturated heterocycles. The summed E-state index contributed by atoms with van der Waals surface area (Å²) in [5.74, 6) is -0.322. The lowest BCUT2D eigenvalue weighted by molar-refractivity contribution is -0.132. The minimum atomic E-state index is -0.398. The predicted octanol–water partition coefficient (Wildman–Crippen LogP) is 2.67. The summed E-state index contributed by atoms with van der Waals surface area (Å²) in [6, 6.07) is 16.6. The Morgan fingerprint density at radius 2 is 1.74 bits per heavy atom. The van der Waals surface area contributed by atoms with Gasteiger partial charge in [0.25, 0.3) is 5.91 Å². The van der Waals surface area contributed by atoms with Crippen LogP contribution in [0, 0.1) is 5.82 Å². The Balaban J connectivity index is 1.21. The van der Waals surface area contributed by atoms with Crippen molar-refractivity contribution in [3.63, 3.8) is 0 Å². The number of amides is 2. The zero-order chi connectivity index (χ0) is 24.2. The summed E-state index contributed by atoms with van der Waals surface area (Å²) in [6.07, 6.45) is 1.42. The maximum Gasteiger partial charge on any atom is 0.291 e. The summed E-state index contributed by atoms with van der Waals surface area (Å²) in [6.45, 7) is 2.33. The second-order valence-electron chi connectivity index (χ2n) is 7.96. The van der Waals surface area contributed by atoms with E-state index >= 15 is 0 Å². The molecule has 0 unspecified atom stereocenters. The van der Waals surface area contributed by atoms with Gasteiger partial charge in [-0.2, -0.15) is 4.80 Å². The van der Waals surface area contributed by atoms with Crippen molar-refractivity contribution < 1.29 is 18.4 Å². The van der Waals surface area contributed by atoms with Crippen molar-refractivity contribution in [2.75, 3.05) is 36.4 Å². The van der Waals surface area contributed by atoms with Crippen LogP contribution >= 0.6 is 0 Å². The van der Waals surface area contributed by atoms with Crippen LogP contribution in [0.5, 0.6) is 0 Å². The Bertz CT molecular complexity index is 1310. The number of para-hydroxylation sites is 1. The molecule has 35 heavy (non-hydrogen) atoms. The van der Waals surface area contributed by atoms with Gasteiger partial charge in [0.05, 0.1) is 12.0 Å². The normalized spacial score (nSPS) is 13.6. The minimum absolute atomic E-state index is 0.0511. The standard InChI is InChI=1S/C24H22FN7O3/c25-17-7-9-18(10-8-17)30-11-13-31(14-12-30)22(33)16-32-28-23(27-29-32)19-4-1-2-5-20(19)26-24(34)21-6-3-15-35-21/h1-10,15H,11-14,16H2,(H,26,34).